The predicted octanol–water partition coefficient (Wildman–Crippen LogP) is 4.08. The summed E-state index contributed by atoms with van der Waals surface area (Å²) in [4.78, 5) is 25.2. The van der Waals surface area contributed by atoms with E-state index in [-0.39, 0.29) is 22.8 Å². The number of esters is 1. The molecule has 0 amide bonds. The Morgan fingerprint density at radius 3 is 2.48 bits per heavy atom. The van der Waals surface area contributed by atoms with Crippen LogP contribution in [0, 0.1) is 11.6 Å². The summed E-state index contributed by atoms with van der Waals surface area (Å²) in [7, 11) is 1.37. The van der Waals surface area contributed by atoms with Gasteiger partial charge in [-0.1, -0.05) is 0 Å². The predicted molar refractivity (Wildman–Crippen MR) is 108 cm³/mol. The lowest BCUT2D eigenvalue weighted by Gasteiger charge is -2.14. The molecule has 0 bridgehead atoms. The highest BCUT2D eigenvalue weighted by molar-refractivity contribution is 6.01. The fourth-order valence-corrected chi connectivity index (χ4v) is 3.73. The quantitative estimate of drug-likeness (QED) is 0.439. The van der Waals surface area contributed by atoms with Crippen LogP contribution in [0.3, 0.4) is 0 Å². The summed E-state index contributed by atoms with van der Waals surface area (Å²) in [6.45, 7) is -0.573. The topological polar surface area (TPSA) is 70.4 Å². The van der Waals surface area contributed by atoms with E-state index in [9.17, 15) is 18.4 Å². The minimum Gasteiger partial charge on any atom is -0.496 e. The molecule has 0 atom stereocenters. The third kappa shape index (κ3) is 4.19. The summed E-state index contributed by atoms with van der Waals surface area (Å²) in [5, 5.41) is 4.41. The smallest absolute Gasteiger partial charge is 0.359 e. The molecular formula is C23H20F2N2O4. The van der Waals surface area contributed by atoms with Gasteiger partial charge < -0.3 is 9.47 Å². The third-order valence-corrected chi connectivity index (χ3v) is 5.24. The largest absolute Gasteiger partial charge is 0.496 e. The second-order valence-electron chi connectivity index (χ2n) is 7.21. The van der Waals surface area contributed by atoms with Crippen molar-refractivity contribution in [3.63, 3.8) is 0 Å². The zero-order valence-corrected chi connectivity index (χ0v) is 16.9. The van der Waals surface area contributed by atoms with Crippen molar-refractivity contribution in [1.29, 1.82) is 0 Å². The van der Waals surface area contributed by atoms with Gasteiger partial charge in [0.2, 0.25) is 5.78 Å². The van der Waals surface area contributed by atoms with E-state index in [1.165, 1.54) is 31.4 Å². The molecule has 8 heteroatoms. The van der Waals surface area contributed by atoms with Crippen molar-refractivity contribution in [3.8, 4) is 11.4 Å². The molecule has 0 saturated carbocycles. The SMILES string of the molecule is COc1ccc(F)cc1C(=O)COC(=O)c1nn(-c2ccc(F)cc2)c2c1CCCC2. The zero-order valence-electron chi connectivity index (χ0n) is 16.9. The van der Waals surface area contributed by atoms with E-state index < -0.39 is 24.2 Å². The number of hydrogen-bond donors (Lipinski definition) is 0. The van der Waals surface area contributed by atoms with Crippen molar-refractivity contribution in [3.05, 3.63) is 76.6 Å². The summed E-state index contributed by atoms with van der Waals surface area (Å²) < 4.78 is 38.8. The Hall–Kier alpha value is -3.55. The lowest BCUT2D eigenvalue weighted by molar-refractivity contribution is 0.0466. The van der Waals surface area contributed by atoms with Gasteiger partial charge in [0.05, 0.1) is 18.4 Å². The number of hydrogen-bond acceptors (Lipinski definition) is 5. The van der Waals surface area contributed by atoms with Crippen LogP contribution in [-0.4, -0.2) is 35.2 Å². The summed E-state index contributed by atoms with van der Waals surface area (Å²) in [5.41, 5.74) is 2.42. The van der Waals surface area contributed by atoms with Gasteiger partial charge in [-0.15, -0.1) is 0 Å². The van der Waals surface area contributed by atoms with Gasteiger partial charge in [0.1, 0.15) is 17.4 Å². The molecule has 3 aromatic rings. The monoisotopic (exact) mass is 426 g/mol. The number of ketones is 1. The fraction of sp³-hybridized carbons (Fsp3) is 0.261. The molecular weight excluding hydrogens is 406 g/mol. The Labute approximate surface area is 177 Å². The fourth-order valence-electron chi connectivity index (χ4n) is 3.73. The van der Waals surface area contributed by atoms with Crippen molar-refractivity contribution < 1.29 is 27.8 Å². The lowest BCUT2D eigenvalue weighted by Crippen LogP contribution is -2.17. The van der Waals surface area contributed by atoms with Crippen LogP contribution in [0.4, 0.5) is 8.78 Å². The van der Waals surface area contributed by atoms with Crippen molar-refractivity contribution in [2.75, 3.05) is 13.7 Å². The molecule has 1 aliphatic rings. The molecule has 0 fully saturated rings. The number of Topliss-reactive ketones (excluding diaryl/α,β-unsaturated/α-hetero) is 1. The van der Waals surface area contributed by atoms with Crippen LogP contribution in [0.2, 0.25) is 0 Å². The van der Waals surface area contributed by atoms with Gasteiger partial charge in [0.15, 0.2) is 12.3 Å². The number of ether oxygens (including phenoxy) is 2. The van der Waals surface area contributed by atoms with Crippen molar-refractivity contribution in [2.45, 2.75) is 25.7 Å². The number of benzene rings is 2. The first-order chi connectivity index (χ1) is 15.0. The van der Waals surface area contributed by atoms with Gasteiger partial charge in [-0.05, 0) is 68.1 Å². The van der Waals surface area contributed by atoms with Crippen LogP contribution >= 0.6 is 0 Å². The molecule has 160 valence electrons. The van der Waals surface area contributed by atoms with Gasteiger partial charge in [-0.25, -0.2) is 18.3 Å². The van der Waals surface area contributed by atoms with E-state index in [1.807, 2.05) is 0 Å². The maximum absolute atomic E-state index is 13.5. The first kappa shape index (κ1) is 20.7. The average Bonchev–Trinajstić information content (AvgIpc) is 3.17. The Morgan fingerprint density at radius 1 is 1.03 bits per heavy atom. The number of halogens is 2. The molecule has 2 aromatic carbocycles. The van der Waals surface area contributed by atoms with Crippen LogP contribution in [0.15, 0.2) is 42.5 Å². The van der Waals surface area contributed by atoms with E-state index >= 15 is 0 Å². The number of carbonyl (C=O) groups is 2. The van der Waals surface area contributed by atoms with Crippen LogP contribution in [0.25, 0.3) is 5.69 Å². The highest BCUT2D eigenvalue weighted by Crippen LogP contribution is 2.28. The average molecular weight is 426 g/mol. The molecule has 1 aliphatic carbocycles. The number of aromatic nitrogens is 2. The number of nitrogens with zero attached hydrogens (tertiary/aromatic N) is 2. The van der Waals surface area contributed by atoms with Crippen molar-refractivity contribution >= 4 is 11.8 Å². The summed E-state index contributed by atoms with van der Waals surface area (Å²) in [6, 6.07) is 9.39. The summed E-state index contributed by atoms with van der Waals surface area (Å²) in [5.74, 6) is -2.09. The molecule has 1 heterocycles. The van der Waals surface area contributed by atoms with E-state index in [4.69, 9.17) is 9.47 Å². The third-order valence-electron chi connectivity index (χ3n) is 5.24. The van der Waals surface area contributed by atoms with E-state index in [2.05, 4.69) is 5.10 Å². The van der Waals surface area contributed by atoms with Gasteiger partial charge in [-0.2, -0.15) is 5.10 Å². The maximum Gasteiger partial charge on any atom is 0.359 e. The number of rotatable bonds is 6. The van der Waals surface area contributed by atoms with E-state index in [1.54, 1.807) is 16.8 Å². The van der Waals surface area contributed by atoms with E-state index in [0.29, 0.717) is 12.1 Å². The first-order valence-electron chi connectivity index (χ1n) is 9.88. The highest BCUT2D eigenvalue weighted by atomic mass is 19.1. The molecule has 0 unspecified atom stereocenters. The number of methoxy groups -OCH3 is 1. The molecule has 1 aromatic heterocycles. The molecule has 31 heavy (non-hydrogen) atoms. The van der Waals surface area contributed by atoms with Gasteiger partial charge >= 0.3 is 5.97 Å². The van der Waals surface area contributed by atoms with E-state index in [0.717, 1.165) is 36.6 Å². The van der Waals surface area contributed by atoms with Gasteiger partial charge in [-0.3, -0.25) is 4.79 Å². The van der Waals surface area contributed by atoms with Crippen LogP contribution < -0.4 is 4.74 Å². The van der Waals surface area contributed by atoms with Gasteiger partial charge in [0, 0.05) is 11.3 Å². The Kier molecular flexibility index (Phi) is 5.79. The molecule has 0 spiro atoms. The molecule has 6 nitrogen and oxygen atoms in total. The molecule has 0 N–H and O–H groups in total. The van der Waals surface area contributed by atoms with Crippen LogP contribution in [0.5, 0.6) is 5.75 Å². The Balaban J connectivity index is 1.57. The summed E-state index contributed by atoms with van der Waals surface area (Å²) >= 11 is 0. The first-order valence-corrected chi connectivity index (χ1v) is 9.88. The van der Waals surface area contributed by atoms with Gasteiger partial charge in [0.25, 0.3) is 0 Å². The molecule has 0 radical (unpaired) electrons. The Morgan fingerprint density at radius 2 is 1.74 bits per heavy atom. The standard InChI is InChI=1S/C23H20F2N2O4/c1-30-21-11-8-15(25)12-18(21)20(28)13-31-23(29)22-17-4-2-3-5-19(17)27(26-22)16-9-6-14(24)7-10-16/h6-12H,2-5,13H2,1H3. The zero-order chi connectivity index (χ0) is 22.0. The highest BCUT2D eigenvalue weighted by Gasteiger charge is 2.27. The molecule has 0 saturated heterocycles. The second-order valence-corrected chi connectivity index (χ2v) is 7.21. The minimum atomic E-state index is -0.734. The van der Waals surface area contributed by atoms with Crippen molar-refractivity contribution in [2.24, 2.45) is 0 Å². The van der Waals surface area contributed by atoms with Crippen molar-refractivity contribution in [1.82, 2.24) is 9.78 Å². The number of carbonyl (C=O) groups excluding carboxylic acids is 2. The summed E-state index contributed by atoms with van der Waals surface area (Å²) in [6.07, 6.45) is 3.24. The molecule has 0 aliphatic heterocycles. The maximum atomic E-state index is 13.5. The molecule has 4 rings (SSSR count). The number of fused-ring (bicyclic) bond motifs is 1. The minimum absolute atomic E-state index is 0.00540. The Bertz CT molecular complexity index is 1140. The second kappa shape index (κ2) is 8.67. The van der Waals surface area contributed by atoms with Crippen LogP contribution in [0.1, 0.15) is 44.9 Å². The van der Waals surface area contributed by atoms with Crippen LogP contribution in [-0.2, 0) is 17.6 Å². The normalized spacial score (nSPS) is 12.9. The lowest BCUT2D eigenvalue weighted by atomic mass is 9.95.